The molecule has 0 aromatic carbocycles. The van der Waals surface area contributed by atoms with Gasteiger partial charge in [-0.05, 0) is 26.3 Å². The van der Waals surface area contributed by atoms with Crippen molar-refractivity contribution in [3.05, 3.63) is 24.3 Å². The number of rotatable bonds is 3. The standard InChI is InChI=1S/C9H15F/c1-4-5-6-7-8-9(2,3)10/h5-8H,4H2,1-3H3/b6-5-,8-7-. The van der Waals surface area contributed by atoms with Crippen LogP contribution >= 0.6 is 0 Å². The first-order chi connectivity index (χ1) is 4.56. The van der Waals surface area contributed by atoms with Crippen LogP contribution in [0.25, 0.3) is 0 Å². The first-order valence-corrected chi connectivity index (χ1v) is 3.59. The van der Waals surface area contributed by atoms with E-state index in [0.29, 0.717) is 0 Å². The van der Waals surface area contributed by atoms with Gasteiger partial charge >= 0.3 is 0 Å². The van der Waals surface area contributed by atoms with Gasteiger partial charge in [-0.2, -0.15) is 0 Å². The molecule has 0 rings (SSSR count). The maximum absolute atomic E-state index is 12.7. The molecule has 0 fully saturated rings. The van der Waals surface area contributed by atoms with Gasteiger partial charge in [0.05, 0.1) is 0 Å². The van der Waals surface area contributed by atoms with Gasteiger partial charge in [0.2, 0.25) is 0 Å². The van der Waals surface area contributed by atoms with Crippen molar-refractivity contribution in [2.75, 3.05) is 0 Å². The zero-order chi connectivity index (χ0) is 8.04. The predicted octanol–water partition coefficient (Wildman–Crippen LogP) is 3.26. The summed E-state index contributed by atoms with van der Waals surface area (Å²) in [7, 11) is 0. The van der Waals surface area contributed by atoms with Crippen LogP contribution in [-0.2, 0) is 0 Å². The Morgan fingerprint density at radius 2 is 1.90 bits per heavy atom. The lowest BCUT2D eigenvalue weighted by Crippen LogP contribution is -2.05. The second-order valence-corrected chi connectivity index (χ2v) is 2.76. The molecular formula is C9H15F. The highest BCUT2D eigenvalue weighted by atomic mass is 19.1. The van der Waals surface area contributed by atoms with E-state index in [1.807, 2.05) is 19.1 Å². The van der Waals surface area contributed by atoms with E-state index in [-0.39, 0.29) is 0 Å². The normalized spacial score (nSPS) is 13.6. The first-order valence-electron chi connectivity index (χ1n) is 3.59. The summed E-state index contributed by atoms with van der Waals surface area (Å²) in [5.41, 5.74) is -1.18. The van der Waals surface area contributed by atoms with Gasteiger partial charge in [-0.1, -0.05) is 25.2 Å². The van der Waals surface area contributed by atoms with Gasteiger partial charge in [0.15, 0.2) is 0 Å². The molecule has 0 nitrogen and oxygen atoms in total. The summed E-state index contributed by atoms with van der Waals surface area (Å²) in [6.07, 6.45) is 8.13. The van der Waals surface area contributed by atoms with Crippen LogP contribution in [-0.4, -0.2) is 5.67 Å². The van der Waals surface area contributed by atoms with Crippen molar-refractivity contribution in [2.45, 2.75) is 32.9 Å². The van der Waals surface area contributed by atoms with E-state index in [9.17, 15) is 4.39 Å². The van der Waals surface area contributed by atoms with Crippen LogP contribution in [0.15, 0.2) is 24.3 Å². The fourth-order valence-electron chi connectivity index (χ4n) is 0.499. The molecule has 0 aromatic heterocycles. The molecule has 0 atom stereocenters. The Kier molecular flexibility index (Phi) is 4.01. The van der Waals surface area contributed by atoms with Gasteiger partial charge < -0.3 is 0 Å². The average Bonchev–Trinajstić information content (AvgIpc) is 1.78. The van der Waals surface area contributed by atoms with E-state index in [0.717, 1.165) is 6.42 Å². The molecule has 0 saturated carbocycles. The van der Waals surface area contributed by atoms with E-state index in [1.165, 1.54) is 13.8 Å². The molecule has 0 amide bonds. The van der Waals surface area contributed by atoms with Crippen LogP contribution in [0.5, 0.6) is 0 Å². The maximum Gasteiger partial charge on any atom is 0.123 e. The van der Waals surface area contributed by atoms with Crippen molar-refractivity contribution in [3.8, 4) is 0 Å². The van der Waals surface area contributed by atoms with Gasteiger partial charge in [-0.3, -0.25) is 0 Å². The van der Waals surface area contributed by atoms with Crippen molar-refractivity contribution >= 4 is 0 Å². The summed E-state index contributed by atoms with van der Waals surface area (Å²) in [5.74, 6) is 0. The van der Waals surface area contributed by atoms with E-state index in [1.54, 1.807) is 12.2 Å². The molecule has 0 aliphatic heterocycles. The summed E-state index contributed by atoms with van der Waals surface area (Å²) in [6, 6.07) is 0. The molecule has 0 aliphatic rings. The second kappa shape index (κ2) is 4.26. The van der Waals surface area contributed by atoms with E-state index >= 15 is 0 Å². The molecule has 0 aromatic rings. The molecule has 0 bridgehead atoms. The smallest absolute Gasteiger partial charge is 0.123 e. The Balaban J connectivity index is 3.66. The van der Waals surface area contributed by atoms with Crippen LogP contribution in [0.2, 0.25) is 0 Å². The number of allylic oxidation sites excluding steroid dienone is 4. The van der Waals surface area contributed by atoms with E-state index < -0.39 is 5.67 Å². The van der Waals surface area contributed by atoms with Gasteiger partial charge in [-0.25, -0.2) is 4.39 Å². The van der Waals surface area contributed by atoms with Crippen molar-refractivity contribution < 1.29 is 4.39 Å². The van der Waals surface area contributed by atoms with Gasteiger partial charge in [-0.15, -0.1) is 0 Å². The molecule has 1 heteroatoms. The third-order valence-corrected chi connectivity index (χ3v) is 0.975. The molecule has 0 radical (unpaired) electrons. The second-order valence-electron chi connectivity index (χ2n) is 2.76. The fourth-order valence-corrected chi connectivity index (χ4v) is 0.499. The zero-order valence-electron chi connectivity index (χ0n) is 6.89. The van der Waals surface area contributed by atoms with Crippen LogP contribution in [0, 0.1) is 0 Å². The van der Waals surface area contributed by atoms with Crippen LogP contribution < -0.4 is 0 Å². The average molecular weight is 142 g/mol. The van der Waals surface area contributed by atoms with E-state index in [4.69, 9.17) is 0 Å². The summed E-state index contributed by atoms with van der Waals surface area (Å²) in [6.45, 7) is 5.11. The van der Waals surface area contributed by atoms with Crippen molar-refractivity contribution in [3.63, 3.8) is 0 Å². The highest BCUT2D eigenvalue weighted by Gasteiger charge is 2.07. The molecule has 0 unspecified atom stereocenters. The highest BCUT2D eigenvalue weighted by Crippen LogP contribution is 2.09. The Morgan fingerprint density at radius 3 is 2.30 bits per heavy atom. The Hall–Kier alpha value is -0.590. The summed E-state index contributed by atoms with van der Waals surface area (Å²) < 4.78 is 12.7. The summed E-state index contributed by atoms with van der Waals surface area (Å²) in [4.78, 5) is 0. The molecule has 0 N–H and O–H groups in total. The molecule has 0 heterocycles. The largest absolute Gasteiger partial charge is 0.240 e. The van der Waals surface area contributed by atoms with Crippen molar-refractivity contribution in [2.24, 2.45) is 0 Å². The molecule has 0 aliphatic carbocycles. The minimum absolute atomic E-state index is 0.997. The lowest BCUT2D eigenvalue weighted by Gasteiger charge is -2.04. The quantitative estimate of drug-likeness (QED) is 0.530. The van der Waals surface area contributed by atoms with Gasteiger partial charge in [0.25, 0.3) is 0 Å². The monoisotopic (exact) mass is 142 g/mol. The minimum atomic E-state index is -1.18. The molecular weight excluding hydrogens is 127 g/mol. The lowest BCUT2D eigenvalue weighted by atomic mass is 10.1. The molecule has 0 spiro atoms. The summed E-state index contributed by atoms with van der Waals surface area (Å²) >= 11 is 0. The number of hydrogen-bond acceptors (Lipinski definition) is 0. The minimum Gasteiger partial charge on any atom is -0.240 e. The molecule has 10 heavy (non-hydrogen) atoms. The predicted molar refractivity (Wildman–Crippen MR) is 43.8 cm³/mol. The Labute approximate surface area is 62.4 Å². The van der Waals surface area contributed by atoms with Crippen LogP contribution in [0.4, 0.5) is 4.39 Å². The zero-order valence-corrected chi connectivity index (χ0v) is 6.89. The molecule has 58 valence electrons. The first kappa shape index (κ1) is 9.41. The fraction of sp³-hybridized carbons (Fsp3) is 0.556. The van der Waals surface area contributed by atoms with Crippen LogP contribution in [0.1, 0.15) is 27.2 Å². The highest BCUT2D eigenvalue weighted by molar-refractivity contribution is 5.07. The number of alkyl halides is 1. The van der Waals surface area contributed by atoms with Gasteiger partial charge in [0.1, 0.15) is 5.67 Å². The number of hydrogen-bond donors (Lipinski definition) is 0. The van der Waals surface area contributed by atoms with Crippen molar-refractivity contribution in [1.29, 1.82) is 0 Å². The summed E-state index contributed by atoms with van der Waals surface area (Å²) in [5, 5.41) is 0. The lowest BCUT2D eigenvalue weighted by molar-refractivity contribution is 0.287. The van der Waals surface area contributed by atoms with Crippen LogP contribution in [0.3, 0.4) is 0 Å². The van der Waals surface area contributed by atoms with E-state index in [2.05, 4.69) is 0 Å². The third-order valence-electron chi connectivity index (χ3n) is 0.975. The maximum atomic E-state index is 12.7. The Bertz CT molecular complexity index is 126. The SMILES string of the molecule is CC/C=C\C=C/C(C)(C)F. The van der Waals surface area contributed by atoms with Gasteiger partial charge in [0, 0.05) is 0 Å². The number of halogens is 1. The topological polar surface area (TPSA) is 0 Å². The Morgan fingerprint density at radius 1 is 1.30 bits per heavy atom. The third kappa shape index (κ3) is 7.41. The molecule has 0 saturated heterocycles. The van der Waals surface area contributed by atoms with Crippen molar-refractivity contribution in [1.82, 2.24) is 0 Å².